The summed E-state index contributed by atoms with van der Waals surface area (Å²) < 4.78 is 1.65. The van der Waals surface area contributed by atoms with Crippen molar-refractivity contribution in [3.63, 3.8) is 0 Å². The van der Waals surface area contributed by atoms with Crippen molar-refractivity contribution in [1.82, 2.24) is 20.2 Å². The number of benzene rings is 1. The van der Waals surface area contributed by atoms with Crippen LogP contribution in [0.4, 0.5) is 0 Å². The van der Waals surface area contributed by atoms with Gasteiger partial charge < -0.3 is 15.6 Å². The number of hydrogen-bond donors (Lipinski definition) is 3. The Balaban J connectivity index is 2.26. The van der Waals surface area contributed by atoms with Crippen molar-refractivity contribution < 1.29 is 9.59 Å². The number of carbonyl (C=O) groups excluding carboxylic acids is 2. The van der Waals surface area contributed by atoms with Gasteiger partial charge in [0.1, 0.15) is 0 Å². The van der Waals surface area contributed by atoms with Crippen LogP contribution < -0.4 is 16.2 Å². The van der Waals surface area contributed by atoms with Crippen molar-refractivity contribution in [2.24, 2.45) is 0 Å². The largest absolute Gasteiger partial charge is 0.352 e. The number of carbonyl (C=O) groups is 2. The van der Waals surface area contributed by atoms with Crippen molar-refractivity contribution in [3.8, 4) is 0 Å². The summed E-state index contributed by atoms with van der Waals surface area (Å²) in [5, 5.41) is 5.65. The Bertz CT molecular complexity index is 943. The molecular formula is C17H20N4O3S. The number of aromatic amines is 1. The molecule has 0 bridgehead atoms. The van der Waals surface area contributed by atoms with Crippen LogP contribution in [-0.4, -0.2) is 34.0 Å². The maximum absolute atomic E-state index is 12.4. The zero-order chi connectivity index (χ0) is 18.6. The average Bonchev–Trinajstić information content (AvgIpc) is 2.55. The number of allylic oxidation sites excluding steroid dienone is 1. The fraction of sp³-hybridized carbons (Fsp3) is 0.294. The highest BCUT2D eigenvalue weighted by molar-refractivity contribution is 7.71. The SMILES string of the molecule is C=CCn1c(=S)[nH]c2cc(C(=O)NCC(=O)NC(C)C)ccc2c1=O. The van der Waals surface area contributed by atoms with Crippen LogP contribution in [0.3, 0.4) is 0 Å². The molecule has 1 aromatic carbocycles. The topological polar surface area (TPSA) is 96.0 Å². The number of aromatic nitrogens is 2. The van der Waals surface area contributed by atoms with E-state index in [0.29, 0.717) is 23.0 Å². The summed E-state index contributed by atoms with van der Waals surface area (Å²) >= 11 is 5.17. The van der Waals surface area contributed by atoms with E-state index in [9.17, 15) is 14.4 Å². The van der Waals surface area contributed by atoms with Crippen molar-refractivity contribution in [2.75, 3.05) is 6.54 Å². The zero-order valence-corrected chi connectivity index (χ0v) is 14.9. The van der Waals surface area contributed by atoms with E-state index in [1.165, 1.54) is 10.6 Å². The first-order valence-corrected chi connectivity index (χ1v) is 8.19. The smallest absolute Gasteiger partial charge is 0.262 e. The van der Waals surface area contributed by atoms with Crippen molar-refractivity contribution >= 4 is 34.9 Å². The normalized spacial score (nSPS) is 10.7. The molecule has 2 rings (SSSR count). The minimum absolute atomic E-state index is 0.00267. The summed E-state index contributed by atoms with van der Waals surface area (Å²) in [6, 6.07) is 4.64. The molecule has 0 fully saturated rings. The van der Waals surface area contributed by atoms with E-state index in [4.69, 9.17) is 12.2 Å². The third-order valence-electron chi connectivity index (χ3n) is 3.41. The van der Waals surface area contributed by atoms with Crippen molar-refractivity contribution in [1.29, 1.82) is 0 Å². The molecule has 0 aliphatic rings. The Morgan fingerprint density at radius 1 is 1.40 bits per heavy atom. The van der Waals surface area contributed by atoms with E-state index in [1.807, 2.05) is 13.8 Å². The van der Waals surface area contributed by atoms with Crippen LogP contribution in [0.5, 0.6) is 0 Å². The molecule has 2 amide bonds. The van der Waals surface area contributed by atoms with Crippen LogP contribution in [0, 0.1) is 4.77 Å². The first-order chi connectivity index (χ1) is 11.8. The summed E-state index contributed by atoms with van der Waals surface area (Å²) in [7, 11) is 0. The van der Waals surface area contributed by atoms with Gasteiger partial charge in [-0.05, 0) is 44.3 Å². The lowest BCUT2D eigenvalue weighted by molar-refractivity contribution is -0.120. The number of nitrogens with zero attached hydrogens (tertiary/aromatic N) is 1. The van der Waals surface area contributed by atoms with Crippen molar-refractivity contribution in [3.05, 3.63) is 51.5 Å². The number of hydrogen-bond acceptors (Lipinski definition) is 4. The molecule has 132 valence electrons. The summed E-state index contributed by atoms with van der Waals surface area (Å²) in [6.45, 7) is 7.46. The molecule has 0 unspecified atom stereocenters. The summed E-state index contributed by atoms with van der Waals surface area (Å²) in [4.78, 5) is 39.1. The molecule has 0 aliphatic heterocycles. The lowest BCUT2D eigenvalue weighted by atomic mass is 10.1. The number of H-pyrrole nitrogens is 1. The van der Waals surface area contributed by atoms with Gasteiger partial charge in [0.25, 0.3) is 11.5 Å². The molecule has 1 heterocycles. The minimum Gasteiger partial charge on any atom is -0.352 e. The number of fused-ring (bicyclic) bond motifs is 1. The lowest BCUT2D eigenvalue weighted by Gasteiger charge is -2.10. The molecule has 7 nitrogen and oxygen atoms in total. The maximum atomic E-state index is 12.4. The van der Waals surface area contributed by atoms with Crippen LogP contribution in [0.15, 0.2) is 35.6 Å². The third kappa shape index (κ3) is 4.42. The van der Waals surface area contributed by atoms with Crippen LogP contribution in [0.2, 0.25) is 0 Å². The second kappa shape index (κ2) is 7.89. The molecule has 0 atom stereocenters. The van der Waals surface area contributed by atoms with Crippen LogP contribution >= 0.6 is 12.2 Å². The van der Waals surface area contributed by atoms with Crippen LogP contribution in [-0.2, 0) is 11.3 Å². The molecule has 0 radical (unpaired) electrons. The van der Waals surface area contributed by atoms with Gasteiger partial charge in [0.2, 0.25) is 5.91 Å². The first kappa shape index (κ1) is 18.6. The zero-order valence-electron chi connectivity index (χ0n) is 14.1. The molecule has 0 saturated carbocycles. The number of nitrogens with one attached hydrogen (secondary N) is 3. The minimum atomic E-state index is -0.407. The Labute approximate surface area is 149 Å². The van der Waals surface area contributed by atoms with Gasteiger partial charge >= 0.3 is 0 Å². The standard InChI is InChI=1S/C17H20N4O3S/c1-4-7-21-16(24)12-6-5-11(8-13(12)20-17(21)25)15(23)18-9-14(22)19-10(2)3/h4-6,8,10H,1,7,9H2,2-3H3,(H,18,23)(H,19,22)(H,20,25). The molecule has 3 N–H and O–H groups in total. The predicted octanol–water partition coefficient (Wildman–Crippen LogP) is 1.50. The highest BCUT2D eigenvalue weighted by atomic mass is 32.1. The summed E-state index contributed by atoms with van der Waals surface area (Å²) in [5.41, 5.74) is 0.549. The lowest BCUT2D eigenvalue weighted by Crippen LogP contribution is -2.39. The highest BCUT2D eigenvalue weighted by Gasteiger charge is 2.11. The first-order valence-electron chi connectivity index (χ1n) is 7.78. The summed E-state index contributed by atoms with van der Waals surface area (Å²) in [5.74, 6) is -0.675. The maximum Gasteiger partial charge on any atom is 0.262 e. The van der Waals surface area contributed by atoms with E-state index in [1.54, 1.807) is 18.2 Å². The van der Waals surface area contributed by atoms with E-state index in [-0.39, 0.29) is 28.8 Å². The van der Waals surface area contributed by atoms with Gasteiger partial charge in [-0.1, -0.05) is 6.08 Å². The Hall–Kier alpha value is -2.74. The quantitative estimate of drug-likeness (QED) is 0.537. The monoisotopic (exact) mass is 360 g/mol. The molecule has 0 spiro atoms. The number of rotatable bonds is 6. The Morgan fingerprint density at radius 3 is 2.76 bits per heavy atom. The van der Waals surface area contributed by atoms with E-state index >= 15 is 0 Å². The van der Waals surface area contributed by atoms with Crippen LogP contribution in [0.1, 0.15) is 24.2 Å². The van der Waals surface area contributed by atoms with E-state index in [0.717, 1.165) is 0 Å². The van der Waals surface area contributed by atoms with Gasteiger partial charge in [0.05, 0.1) is 17.4 Å². The Morgan fingerprint density at radius 2 is 2.12 bits per heavy atom. The highest BCUT2D eigenvalue weighted by Crippen LogP contribution is 2.11. The van der Waals surface area contributed by atoms with Gasteiger partial charge in [-0.15, -0.1) is 6.58 Å². The van der Waals surface area contributed by atoms with Crippen LogP contribution in [0.25, 0.3) is 10.9 Å². The molecular weight excluding hydrogens is 340 g/mol. The van der Waals surface area contributed by atoms with Gasteiger partial charge in [-0.2, -0.15) is 0 Å². The molecule has 0 saturated heterocycles. The van der Waals surface area contributed by atoms with Gasteiger partial charge in [-0.3, -0.25) is 19.0 Å². The van der Waals surface area contributed by atoms with E-state index < -0.39 is 5.91 Å². The summed E-state index contributed by atoms with van der Waals surface area (Å²) in [6.07, 6.45) is 1.58. The number of amides is 2. The predicted molar refractivity (Wildman–Crippen MR) is 99.2 cm³/mol. The fourth-order valence-corrected chi connectivity index (χ4v) is 2.59. The average molecular weight is 360 g/mol. The molecule has 8 heteroatoms. The van der Waals surface area contributed by atoms with Gasteiger partial charge in [-0.25, -0.2) is 0 Å². The van der Waals surface area contributed by atoms with Crippen molar-refractivity contribution in [2.45, 2.75) is 26.4 Å². The van der Waals surface area contributed by atoms with Gasteiger partial charge in [0, 0.05) is 18.2 Å². The molecule has 0 aliphatic carbocycles. The third-order valence-corrected chi connectivity index (χ3v) is 3.74. The fourth-order valence-electron chi connectivity index (χ4n) is 2.33. The molecule has 1 aromatic heterocycles. The molecule has 2 aromatic rings. The molecule has 25 heavy (non-hydrogen) atoms. The van der Waals surface area contributed by atoms with E-state index in [2.05, 4.69) is 22.2 Å². The second-order valence-corrected chi connectivity index (χ2v) is 6.19. The Kier molecular flexibility index (Phi) is 5.87. The second-order valence-electron chi connectivity index (χ2n) is 5.80. The van der Waals surface area contributed by atoms with Gasteiger partial charge in [0.15, 0.2) is 4.77 Å².